The van der Waals surface area contributed by atoms with Gasteiger partial charge in [0.1, 0.15) is 11.6 Å². The fraction of sp³-hybridized carbons (Fsp3) is 0.600. The molecule has 110 valence electrons. The number of nitrogens with zero attached hydrogens (tertiary/aromatic N) is 1. The number of carbonyl (C=O) groups is 2. The lowest BCUT2D eigenvalue weighted by Crippen LogP contribution is -2.69. The fourth-order valence-electron chi connectivity index (χ4n) is 2.59. The minimum atomic E-state index is -0.723. The number of carbonyl (C=O) groups excluding carboxylic acids is 2. The van der Waals surface area contributed by atoms with Crippen molar-refractivity contribution in [3.8, 4) is 0 Å². The summed E-state index contributed by atoms with van der Waals surface area (Å²) in [5.74, 6) is 0.0171. The molecular formula is C15H22N2O2S. The van der Waals surface area contributed by atoms with Crippen molar-refractivity contribution in [2.24, 2.45) is 0 Å². The highest BCUT2D eigenvalue weighted by atomic mass is 32.1. The van der Waals surface area contributed by atoms with Crippen LogP contribution in [0.5, 0.6) is 0 Å². The Kier molecular flexibility index (Phi) is 4.48. The summed E-state index contributed by atoms with van der Waals surface area (Å²) in [6.07, 6.45) is 2.07. The summed E-state index contributed by atoms with van der Waals surface area (Å²) in [4.78, 5) is 26.7. The average molecular weight is 294 g/mol. The third-order valence-corrected chi connectivity index (χ3v) is 4.99. The van der Waals surface area contributed by atoms with Gasteiger partial charge in [-0.25, -0.2) is 0 Å². The summed E-state index contributed by atoms with van der Waals surface area (Å²) in [7, 11) is 0. The first-order valence-electron chi connectivity index (χ1n) is 7.16. The summed E-state index contributed by atoms with van der Waals surface area (Å²) >= 11 is 1.66. The normalized spacial score (nSPS) is 26.8. The Bertz CT molecular complexity index is 486. The van der Waals surface area contributed by atoms with Crippen molar-refractivity contribution >= 4 is 23.2 Å². The van der Waals surface area contributed by atoms with Gasteiger partial charge in [0.15, 0.2) is 0 Å². The first-order chi connectivity index (χ1) is 9.52. The largest absolute Gasteiger partial charge is 0.342 e. The number of amides is 2. The first-order valence-corrected chi connectivity index (χ1v) is 8.10. The van der Waals surface area contributed by atoms with Gasteiger partial charge in [-0.2, -0.15) is 11.3 Å². The van der Waals surface area contributed by atoms with Crippen molar-refractivity contribution in [2.45, 2.75) is 51.6 Å². The summed E-state index contributed by atoms with van der Waals surface area (Å²) in [6, 6.07) is 1.70. The Hall–Kier alpha value is -1.36. The van der Waals surface area contributed by atoms with Gasteiger partial charge in [-0.3, -0.25) is 9.59 Å². The van der Waals surface area contributed by atoms with Crippen LogP contribution in [0.15, 0.2) is 16.8 Å². The maximum atomic E-state index is 12.5. The molecule has 0 aliphatic carbocycles. The van der Waals surface area contributed by atoms with Crippen molar-refractivity contribution in [2.75, 3.05) is 6.54 Å². The average Bonchev–Trinajstić information content (AvgIpc) is 2.96. The molecule has 1 fully saturated rings. The minimum absolute atomic E-state index is 0.0308. The van der Waals surface area contributed by atoms with E-state index in [4.69, 9.17) is 0 Å². The third kappa shape index (κ3) is 2.59. The topological polar surface area (TPSA) is 49.4 Å². The first kappa shape index (κ1) is 15.0. The van der Waals surface area contributed by atoms with E-state index in [-0.39, 0.29) is 17.9 Å². The molecule has 0 radical (unpaired) electrons. The zero-order chi connectivity index (χ0) is 14.8. The fourth-order valence-corrected chi connectivity index (χ4v) is 3.29. The zero-order valence-corrected chi connectivity index (χ0v) is 13.1. The van der Waals surface area contributed by atoms with Crippen molar-refractivity contribution in [3.63, 3.8) is 0 Å². The highest BCUT2D eigenvalue weighted by molar-refractivity contribution is 7.07. The van der Waals surface area contributed by atoms with E-state index in [2.05, 4.69) is 16.8 Å². The predicted octanol–water partition coefficient (Wildman–Crippen LogP) is 2.20. The minimum Gasteiger partial charge on any atom is -0.342 e. The van der Waals surface area contributed by atoms with E-state index in [1.54, 1.807) is 16.2 Å². The van der Waals surface area contributed by atoms with Gasteiger partial charge in [0, 0.05) is 6.54 Å². The van der Waals surface area contributed by atoms with Crippen molar-refractivity contribution in [1.82, 2.24) is 10.2 Å². The Morgan fingerprint density at radius 2 is 2.15 bits per heavy atom. The van der Waals surface area contributed by atoms with Crippen LogP contribution in [0.2, 0.25) is 0 Å². The number of rotatable bonds is 5. The van der Waals surface area contributed by atoms with E-state index < -0.39 is 5.54 Å². The van der Waals surface area contributed by atoms with Gasteiger partial charge in [0.25, 0.3) is 0 Å². The molecule has 2 rings (SSSR count). The summed E-state index contributed by atoms with van der Waals surface area (Å²) < 4.78 is 0. The molecule has 1 aromatic heterocycles. The van der Waals surface area contributed by atoms with Gasteiger partial charge in [-0.15, -0.1) is 0 Å². The van der Waals surface area contributed by atoms with Crippen molar-refractivity contribution in [1.29, 1.82) is 0 Å². The van der Waals surface area contributed by atoms with Gasteiger partial charge >= 0.3 is 0 Å². The molecule has 0 aromatic carbocycles. The maximum Gasteiger partial charge on any atom is 0.246 e. The van der Waals surface area contributed by atoms with Gasteiger partial charge < -0.3 is 10.2 Å². The smallest absolute Gasteiger partial charge is 0.246 e. The molecule has 1 aliphatic rings. The van der Waals surface area contributed by atoms with Crippen LogP contribution in [0, 0.1) is 0 Å². The number of hydrogen-bond donors (Lipinski definition) is 1. The van der Waals surface area contributed by atoms with Crippen LogP contribution in [-0.4, -0.2) is 34.8 Å². The molecule has 0 spiro atoms. The lowest BCUT2D eigenvalue weighted by molar-refractivity contribution is -0.156. The molecule has 20 heavy (non-hydrogen) atoms. The summed E-state index contributed by atoms with van der Waals surface area (Å²) in [5, 5.41) is 6.98. The molecular weight excluding hydrogens is 272 g/mol. The number of piperazine rings is 1. The second kappa shape index (κ2) is 5.95. The van der Waals surface area contributed by atoms with Gasteiger partial charge in [0.2, 0.25) is 11.8 Å². The van der Waals surface area contributed by atoms with E-state index in [0.717, 1.165) is 6.42 Å². The Labute approximate surface area is 124 Å². The van der Waals surface area contributed by atoms with E-state index in [0.29, 0.717) is 19.4 Å². The lowest BCUT2D eigenvalue weighted by Gasteiger charge is -2.46. The second-order valence-corrected chi connectivity index (χ2v) is 6.21. The highest BCUT2D eigenvalue weighted by Gasteiger charge is 2.47. The van der Waals surface area contributed by atoms with Crippen molar-refractivity contribution < 1.29 is 9.59 Å². The van der Waals surface area contributed by atoms with E-state index in [1.807, 2.05) is 26.2 Å². The van der Waals surface area contributed by atoms with E-state index in [9.17, 15) is 9.59 Å². The molecule has 2 amide bonds. The molecule has 2 heterocycles. The van der Waals surface area contributed by atoms with Crippen LogP contribution < -0.4 is 5.32 Å². The lowest BCUT2D eigenvalue weighted by atomic mass is 9.89. The molecule has 0 bridgehead atoms. The number of hydrogen-bond acceptors (Lipinski definition) is 3. The maximum absolute atomic E-state index is 12.5. The van der Waals surface area contributed by atoms with E-state index >= 15 is 0 Å². The molecule has 2 atom stereocenters. The molecule has 5 heteroatoms. The number of thiophene rings is 1. The molecule has 4 nitrogen and oxygen atoms in total. The van der Waals surface area contributed by atoms with Crippen LogP contribution >= 0.6 is 11.3 Å². The monoisotopic (exact) mass is 294 g/mol. The van der Waals surface area contributed by atoms with Crippen LogP contribution in [0.1, 0.15) is 39.2 Å². The molecule has 2 unspecified atom stereocenters. The zero-order valence-electron chi connectivity index (χ0n) is 12.3. The van der Waals surface area contributed by atoms with Crippen LogP contribution in [0.25, 0.3) is 0 Å². The Balaban J connectivity index is 2.18. The van der Waals surface area contributed by atoms with E-state index in [1.165, 1.54) is 5.56 Å². The summed E-state index contributed by atoms with van der Waals surface area (Å²) in [5.41, 5.74) is 0.499. The summed E-state index contributed by atoms with van der Waals surface area (Å²) in [6.45, 7) is 6.34. The van der Waals surface area contributed by atoms with Crippen molar-refractivity contribution in [3.05, 3.63) is 22.4 Å². The van der Waals surface area contributed by atoms with Crippen LogP contribution in [-0.2, 0) is 16.0 Å². The third-order valence-electron chi connectivity index (χ3n) is 4.26. The Morgan fingerprint density at radius 3 is 2.70 bits per heavy atom. The molecule has 0 saturated carbocycles. The predicted molar refractivity (Wildman–Crippen MR) is 80.7 cm³/mol. The second-order valence-electron chi connectivity index (χ2n) is 5.43. The van der Waals surface area contributed by atoms with Gasteiger partial charge in [-0.05, 0) is 48.6 Å². The van der Waals surface area contributed by atoms with Crippen LogP contribution in [0.3, 0.4) is 0 Å². The van der Waals surface area contributed by atoms with Crippen LogP contribution in [0.4, 0.5) is 0 Å². The standard InChI is InChI=1S/C15H22N2O2S/c1-4-12-13(18)17(8-6-11-7-9-20-10-11)15(3,5-2)14(19)16-12/h7,9-10,12H,4-6,8H2,1-3H3,(H,16,19). The quantitative estimate of drug-likeness (QED) is 0.905. The Morgan fingerprint density at radius 1 is 1.40 bits per heavy atom. The molecule has 1 aliphatic heterocycles. The molecule has 1 aromatic rings. The number of nitrogens with one attached hydrogen (secondary N) is 1. The van der Waals surface area contributed by atoms with Gasteiger partial charge in [-0.1, -0.05) is 13.8 Å². The highest BCUT2D eigenvalue weighted by Crippen LogP contribution is 2.26. The molecule has 1 saturated heterocycles. The SMILES string of the molecule is CCC1NC(=O)C(C)(CC)N(CCc2ccsc2)C1=O. The van der Waals surface area contributed by atoms with Gasteiger partial charge in [0.05, 0.1) is 0 Å². The molecule has 1 N–H and O–H groups in total.